The Labute approximate surface area is 119 Å². The first-order chi connectivity index (χ1) is 9.20. The van der Waals surface area contributed by atoms with Crippen LogP contribution in [0.2, 0.25) is 10.2 Å². The van der Waals surface area contributed by atoms with Crippen molar-refractivity contribution in [2.75, 3.05) is 0 Å². The van der Waals surface area contributed by atoms with Crippen molar-refractivity contribution in [2.45, 2.75) is 0 Å². The summed E-state index contributed by atoms with van der Waals surface area (Å²) < 4.78 is 1.63. The third kappa shape index (κ3) is 1.95. The molecule has 0 aliphatic rings. The minimum Gasteiger partial charge on any atom is -0.273 e. The van der Waals surface area contributed by atoms with Crippen LogP contribution in [-0.2, 0) is 0 Å². The largest absolute Gasteiger partial charge is 0.273 e. The maximum Gasteiger partial charge on any atom is 0.153 e. The molecule has 19 heavy (non-hydrogen) atoms. The van der Waals surface area contributed by atoms with Crippen molar-refractivity contribution < 1.29 is 0 Å². The molecule has 3 rings (SSSR count). The number of benzene rings is 1. The average Bonchev–Trinajstić information content (AvgIpc) is 2.79. The van der Waals surface area contributed by atoms with Gasteiger partial charge in [-0.25, -0.2) is 4.98 Å². The van der Waals surface area contributed by atoms with Crippen molar-refractivity contribution >= 4 is 28.8 Å². The number of nitrogens with zero attached hydrogens (tertiary/aromatic N) is 3. The van der Waals surface area contributed by atoms with E-state index in [1.807, 2.05) is 18.2 Å². The first kappa shape index (κ1) is 12.0. The second-order valence-electron chi connectivity index (χ2n) is 3.97. The molecule has 0 saturated carbocycles. The summed E-state index contributed by atoms with van der Waals surface area (Å²) in [6.07, 6.45) is 0. The number of aromatic nitrogens is 2. The number of rotatable bonds is 1. The van der Waals surface area contributed by atoms with Crippen LogP contribution >= 0.6 is 23.2 Å². The molecule has 0 atom stereocenters. The monoisotopic (exact) mass is 287 g/mol. The maximum absolute atomic E-state index is 9.35. The van der Waals surface area contributed by atoms with E-state index >= 15 is 0 Å². The van der Waals surface area contributed by atoms with Gasteiger partial charge in [0.05, 0.1) is 0 Å². The molecule has 92 valence electrons. The predicted molar refractivity (Wildman–Crippen MR) is 75.4 cm³/mol. The molecule has 0 fully saturated rings. The molecule has 0 N–H and O–H groups in total. The summed E-state index contributed by atoms with van der Waals surface area (Å²) in [5, 5.41) is 10.5. The number of fused-ring (bicyclic) bond motifs is 1. The lowest BCUT2D eigenvalue weighted by Gasteiger charge is -1.99. The average molecular weight is 288 g/mol. The van der Waals surface area contributed by atoms with Crippen molar-refractivity contribution in [3.63, 3.8) is 0 Å². The quantitative estimate of drug-likeness (QED) is 0.630. The topological polar surface area (TPSA) is 41.1 Å². The second-order valence-corrected chi connectivity index (χ2v) is 4.79. The fourth-order valence-electron chi connectivity index (χ4n) is 1.97. The molecule has 0 aliphatic carbocycles. The zero-order valence-corrected chi connectivity index (χ0v) is 11.2. The summed E-state index contributed by atoms with van der Waals surface area (Å²) in [5.74, 6) is 0. The van der Waals surface area contributed by atoms with Gasteiger partial charge in [0.15, 0.2) is 5.69 Å². The SMILES string of the molecule is N#Cc1c(-c2ccc(Cl)cc2)nc2cccc(Cl)n12. The lowest BCUT2D eigenvalue weighted by Crippen LogP contribution is -1.90. The lowest BCUT2D eigenvalue weighted by atomic mass is 10.1. The van der Waals surface area contributed by atoms with Gasteiger partial charge in [-0.3, -0.25) is 4.40 Å². The van der Waals surface area contributed by atoms with Crippen LogP contribution in [0.1, 0.15) is 5.69 Å². The highest BCUT2D eigenvalue weighted by molar-refractivity contribution is 6.30. The number of halogens is 2. The Morgan fingerprint density at radius 1 is 1.05 bits per heavy atom. The van der Waals surface area contributed by atoms with Crippen molar-refractivity contribution in [1.29, 1.82) is 5.26 Å². The van der Waals surface area contributed by atoms with E-state index in [1.165, 1.54) is 0 Å². The van der Waals surface area contributed by atoms with Crippen molar-refractivity contribution in [2.24, 2.45) is 0 Å². The number of nitriles is 1. The maximum atomic E-state index is 9.35. The summed E-state index contributed by atoms with van der Waals surface area (Å²) in [6, 6.07) is 14.7. The smallest absolute Gasteiger partial charge is 0.153 e. The highest BCUT2D eigenvalue weighted by Gasteiger charge is 2.15. The Hall–Kier alpha value is -2.02. The molecule has 1 aromatic carbocycles. The van der Waals surface area contributed by atoms with Crippen LogP contribution in [0.15, 0.2) is 42.5 Å². The fourth-order valence-corrected chi connectivity index (χ4v) is 2.34. The van der Waals surface area contributed by atoms with E-state index in [2.05, 4.69) is 11.1 Å². The minimum atomic E-state index is 0.419. The molecule has 2 aromatic heterocycles. The standard InChI is InChI=1S/C14H7Cl2N3/c15-10-6-4-9(5-7-10)14-11(8-17)19-12(16)2-1-3-13(19)18-14/h1-7H. The number of hydrogen-bond donors (Lipinski definition) is 0. The Morgan fingerprint density at radius 2 is 1.79 bits per heavy atom. The Morgan fingerprint density at radius 3 is 2.47 bits per heavy atom. The summed E-state index contributed by atoms with van der Waals surface area (Å²) in [7, 11) is 0. The van der Waals surface area contributed by atoms with Gasteiger partial charge in [-0.05, 0) is 24.3 Å². The molecule has 3 nitrogen and oxygen atoms in total. The Balaban J connectivity index is 2.33. The third-order valence-corrected chi connectivity index (χ3v) is 3.37. The molecular formula is C14H7Cl2N3. The molecule has 0 aliphatic heterocycles. The first-order valence-corrected chi connectivity index (χ1v) is 6.29. The Bertz CT molecular complexity index is 798. The van der Waals surface area contributed by atoms with Crippen LogP contribution in [-0.4, -0.2) is 9.38 Å². The van der Waals surface area contributed by atoms with Gasteiger partial charge in [-0.1, -0.05) is 41.4 Å². The van der Waals surface area contributed by atoms with Crippen LogP contribution in [0.25, 0.3) is 16.9 Å². The second kappa shape index (κ2) is 4.58. The summed E-state index contributed by atoms with van der Waals surface area (Å²) in [6.45, 7) is 0. The van der Waals surface area contributed by atoms with Gasteiger partial charge in [0, 0.05) is 10.6 Å². The lowest BCUT2D eigenvalue weighted by molar-refractivity contribution is 1.15. The van der Waals surface area contributed by atoms with E-state index in [-0.39, 0.29) is 0 Å². The van der Waals surface area contributed by atoms with Crippen molar-refractivity contribution in [3.05, 3.63) is 58.3 Å². The highest BCUT2D eigenvalue weighted by atomic mass is 35.5. The van der Waals surface area contributed by atoms with Gasteiger partial charge < -0.3 is 0 Å². The predicted octanol–water partition coefficient (Wildman–Crippen LogP) is 4.18. The molecule has 0 amide bonds. The first-order valence-electron chi connectivity index (χ1n) is 5.53. The summed E-state index contributed by atoms with van der Waals surface area (Å²) in [4.78, 5) is 4.46. The normalized spacial score (nSPS) is 10.6. The number of imidazole rings is 1. The molecule has 0 bridgehead atoms. The number of hydrogen-bond acceptors (Lipinski definition) is 2. The van der Waals surface area contributed by atoms with Crippen LogP contribution in [0.3, 0.4) is 0 Å². The molecule has 0 spiro atoms. The van der Waals surface area contributed by atoms with Gasteiger partial charge in [0.1, 0.15) is 22.6 Å². The highest BCUT2D eigenvalue weighted by Crippen LogP contribution is 2.27. The van der Waals surface area contributed by atoms with Crippen molar-refractivity contribution in [1.82, 2.24) is 9.38 Å². The van der Waals surface area contributed by atoms with Crippen molar-refractivity contribution in [3.8, 4) is 17.3 Å². The minimum absolute atomic E-state index is 0.419. The molecular weight excluding hydrogens is 281 g/mol. The molecule has 3 aromatic rings. The third-order valence-electron chi connectivity index (χ3n) is 2.82. The molecule has 0 unspecified atom stereocenters. The van der Waals surface area contributed by atoms with E-state index < -0.39 is 0 Å². The van der Waals surface area contributed by atoms with E-state index in [4.69, 9.17) is 23.2 Å². The van der Waals surface area contributed by atoms with E-state index in [0.717, 1.165) is 5.56 Å². The van der Waals surface area contributed by atoms with Gasteiger partial charge in [0.2, 0.25) is 0 Å². The van der Waals surface area contributed by atoms with E-state index in [9.17, 15) is 5.26 Å². The Kier molecular flexibility index (Phi) is 2.90. The van der Waals surface area contributed by atoms with Crippen LogP contribution < -0.4 is 0 Å². The fraction of sp³-hybridized carbons (Fsp3) is 0. The molecule has 0 radical (unpaired) electrons. The molecule has 5 heteroatoms. The van der Waals surface area contributed by atoms with Gasteiger partial charge in [-0.2, -0.15) is 5.26 Å². The van der Waals surface area contributed by atoms with Crippen LogP contribution in [0.5, 0.6) is 0 Å². The summed E-state index contributed by atoms with van der Waals surface area (Å²) >= 11 is 12.0. The van der Waals surface area contributed by atoms with Gasteiger partial charge >= 0.3 is 0 Å². The van der Waals surface area contributed by atoms with Gasteiger partial charge in [-0.15, -0.1) is 0 Å². The zero-order valence-electron chi connectivity index (χ0n) is 9.64. The van der Waals surface area contributed by atoms with Gasteiger partial charge in [0.25, 0.3) is 0 Å². The zero-order chi connectivity index (χ0) is 13.4. The van der Waals surface area contributed by atoms with Crippen LogP contribution in [0, 0.1) is 11.3 Å². The van der Waals surface area contributed by atoms with Crippen LogP contribution in [0.4, 0.5) is 0 Å². The summed E-state index contributed by atoms with van der Waals surface area (Å²) in [5.41, 5.74) is 2.50. The molecule has 2 heterocycles. The van der Waals surface area contributed by atoms with E-state index in [1.54, 1.807) is 28.7 Å². The van der Waals surface area contributed by atoms with E-state index in [0.29, 0.717) is 27.2 Å². The number of pyridine rings is 1. The molecule has 0 saturated heterocycles.